The summed E-state index contributed by atoms with van der Waals surface area (Å²) in [4.78, 5) is 0. The second-order valence-electron chi connectivity index (χ2n) is 5.81. The standard InChI is InChI=1S/C15H23NO6/c17-7-11(9-4-2-1-3-5-9)16-10-6-15(22,8-18)14(21)13(20)12(10)19/h1-5,10-14,16-22H,6-8H2/t10-,11-,12-,13+,14-,15-/m0/s1. The number of hydrogen-bond acceptors (Lipinski definition) is 7. The molecule has 6 atom stereocenters. The van der Waals surface area contributed by atoms with E-state index in [1.807, 2.05) is 6.07 Å². The zero-order valence-electron chi connectivity index (χ0n) is 12.1. The van der Waals surface area contributed by atoms with Crippen molar-refractivity contribution < 1.29 is 30.6 Å². The summed E-state index contributed by atoms with van der Waals surface area (Å²) in [6.45, 7) is -0.991. The van der Waals surface area contributed by atoms with Gasteiger partial charge in [0.1, 0.15) is 17.8 Å². The molecule has 124 valence electrons. The Labute approximate surface area is 128 Å². The number of nitrogens with one attached hydrogen (secondary N) is 1. The minimum Gasteiger partial charge on any atom is -0.394 e. The van der Waals surface area contributed by atoms with Crippen molar-refractivity contribution in [3.63, 3.8) is 0 Å². The molecular weight excluding hydrogens is 290 g/mol. The largest absolute Gasteiger partial charge is 0.394 e. The number of aliphatic hydroxyl groups is 6. The number of aliphatic hydroxyl groups excluding tert-OH is 5. The van der Waals surface area contributed by atoms with Crippen molar-refractivity contribution in [1.82, 2.24) is 5.32 Å². The van der Waals surface area contributed by atoms with E-state index in [0.717, 1.165) is 5.56 Å². The lowest BCUT2D eigenvalue weighted by Crippen LogP contribution is -2.67. The van der Waals surface area contributed by atoms with Crippen LogP contribution in [0.4, 0.5) is 0 Å². The monoisotopic (exact) mass is 313 g/mol. The van der Waals surface area contributed by atoms with Gasteiger partial charge >= 0.3 is 0 Å². The zero-order valence-corrected chi connectivity index (χ0v) is 12.1. The molecule has 0 bridgehead atoms. The maximum atomic E-state index is 10.2. The summed E-state index contributed by atoms with van der Waals surface area (Å²) in [6, 6.07) is 7.73. The predicted octanol–water partition coefficient (Wildman–Crippen LogP) is -2.11. The molecule has 1 fully saturated rings. The molecule has 0 aliphatic heterocycles. The Bertz CT molecular complexity index is 472. The first-order chi connectivity index (χ1) is 10.4. The molecule has 1 aliphatic carbocycles. The smallest absolute Gasteiger partial charge is 0.118 e. The fourth-order valence-electron chi connectivity index (χ4n) is 2.88. The molecule has 0 radical (unpaired) electrons. The molecule has 0 saturated heterocycles. The average molecular weight is 313 g/mol. The van der Waals surface area contributed by atoms with Crippen molar-refractivity contribution >= 4 is 0 Å². The van der Waals surface area contributed by atoms with Gasteiger partial charge in [0.05, 0.1) is 25.4 Å². The van der Waals surface area contributed by atoms with Crippen LogP contribution in [0.2, 0.25) is 0 Å². The van der Waals surface area contributed by atoms with Crippen molar-refractivity contribution in [3.05, 3.63) is 35.9 Å². The van der Waals surface area contributed by atoms with E-state index in [-0.39, 0.29) is 13.0 Å². The zero-order chi connectivity index (χ0) is 16.3. The van der Waals surface area contributed by atoms with Crippen LogP contribution in [-0.2, 0) is 0 Å². The molecule has 1 saturated carbocycles. The Balaban J connectivity index is 2.16. The van der Waals surface area contributed by atoms with Gasteiger partial charge in [-0.05, 0) is 12.0 Å². The van der Waals surface area contributed by atoms with Crippen molar-refractivity contribution in [1.29, 1.82) is 0 Å². The molecule has 7 heteroatoms. The van der Waals surface area contributed by atoms with Gasteiger partial charge in [0.2, 0.25) is 0 Å². The highest BCUT2D eigenvalue weighted by Gasteiger charge is 2.51. The third-order valence-electron chi connectivity index (χ3n) is 4.28. The Hall–Kier alpha value is -1.06. The van der Waals surface area contributed by atoms with Gasteiger partial charge in [-0.2, -0.15) is 0 Å². The van der Waals surface area contributed by atoms with Gasteiger partial charge in [-0.3, -0.25) is 0 Å². The summed E-state index contributed by atoms with van der Waals surface area (Å²) in [5.74, 6) is 0. The number of benzene rings is 1. The molecule has 0 spiro atoms. The maximum Gasteiger partial charge on any atom is 0.118 e. The molecule has 22 heavy (non-hydrogen) atoms. The number of rotatable bonds is 5. The predicted molar refractivity (Wildman–Crippen MR) is 77.9 cm³/mol. The van der Waals surface area contributed by atoms with Crippen LogP contribution in [0.3, 0.4) is 0 Å². The summed E-state index contributed by atoms with van der Waals surface area (Å²) in [5.41, 5.74) is -1.13. The summed E-state index contributed by atoms with van der Waals surface area (Å²) < 4.78 is 0. The molecule has 0 amide bonds. The van der Waals surface area contributed by atoms with Gasteiger partial charge in [0.25, 0.3) is 0 Å². The molecule has 7 nitrogen and oxygen atoms in total. The molecule has 1 aliphatic rings. The first-order valence-electron chi connectivity index (χ1n) is 7.22. The van der Waals surface area contributed by atoms with E-state index in [4.69, 9.17) is 0 Å². The molecule has 0 heterocycles. The van der Waals surface area contributed by atoms with Crippen LogP contribution in [0.5, 0.6) is 0 Å². The molecule has 1 aromatic carbocycles. The highest BCUT2D eigenvalue weighted by atomic mass is 16.4. The highest BCUT2D eigenvalue weighted by Crippen LogP contribution is 2.30. The van der Waals surface area contributed by atoms with E-state index in [9.17, 15) is 30.6 Å². The SMILES string of the molecule is OC[C@H](N[C@H]1C[C@](O)(CO)[C@@H](O)[C@H](O)[C@H]1O)c1ccccc1. The minimum absolute atomic E-state index is 0.160. The normalized spacial score (nSPS) is 37.0. The minimum atomic E-state index is -1.91. The molecule has 7 N–H and O–H groups in total. The van der Waals surface area contributed by atoms with E-state index >= 15 is 0 Å². The van der Waals surface area contributed by atoms with E-state index in [2.05, 4.69) is 5.32 Å². The highest BCUT2D eigenvalue weighted by molar-refractivity contribution is 5.19. The molecule has 1 aromatic rings. The number of hydrogen-bond donors (Lipinski definition) is 7. The summed E-state index contributed by atoms with van der Waals surface area (Å²) in [5, 5.41) is 61.7. The van der Waals surface area contributed by atoms with Crippen LogP contribution < -0.4 is 5.32 Å². The van der Waals surface area contributed by atoms with Crippen LogP contribution in [0.15, 0.2) is 30.3 Å². The quantitative estimate of drug-likeness (QED) is 0.331. The van der Waals surface area contributed by atoms with Gasteiger partial charge in [-0.15, -0.1) is 0 Å². The summed E-state index contributed by atoms with van der Waals surface area (Å²) >= 11 is 0. The lowest BCUT2D eigenvalue weighted by molar-refractivity contribution is -0.207. The first-order valence-corrected chi connectivity index (χ1v) is 7.22. The van der Waals surface area contributed by atoms with Crippen LogP contribution in [0.25, 0.3) is 0 Å². The molecule has 0 aromatic heterocycles. The van der Waals surface area contributed by atoms with E-state index in [0.29, 0.717) is 0 Å². The summed E-state index contributed by atoms with van der Waals surface area (Å²) in [7, 11) is 0. The van der Waals surface area contributed by atoms with Gasteiger partial charge in [0, 0.05) is 6.04 Å². The van der Waals surface area contributed by atoms with Crippen molar-refractivity contribution in [2.75, 3.05) is 13.2 Å². The lowest BCUT2D eigenvalue weighted by atomic mass is 9.76. The van der Waals surface area contributed by atoms with Crippen molar-refractivity contribution in [3.8, 4) is 0 Å². The van der Waals surface area contributed by atoms with Crippen LogP contribution in [-0.4, -0.2) is 73.8 Å². The van der Waals surface area contributed by atoms with Crippen LogP contribution in [0, 0.1) is 0 Å². The van der Waals surface area contributed by atoms with Crippen LogP contribution in [0.1, 0.15) is 18.0 Å². The van der Waals surface area contributed by atoms with Gasteiger partial charge < -0.3 is 36.0 Å². The van der Waals surface area contributed by atoms with E-state index in [1.54, 1.807) is 24.3 Å². The first kappa shape index (κ1) is 17.3. The van der Waals surface area contributed by atoms with Crippen molar-refractivity contribution in [2.24, 2.45) is 0 Å². The Morgan fingerprint density at radius 3 is 2.27 bits per heavy atom. The van der Waals surface area contributed by atoms with Gasteiger partial charge in [0.15, 0.2) is 0 Å². The Morgan fingerprint density at radius 2 is 1.73 bits per heavy atom. The molecule has 0 unspecified atom stereocenters. The fourth-order valence-corrected chi connectivity index (χ4v) is 2.88. The molecule has 2 rings (SSSR count). The van der Waals surface area contributed by atoms with Gasteiger partial charge in [-0.25, -0.2) is 0 Å². The third-order valence-corrected chi connectivity index (χ3v) is 4.28. The average Bonchev–Trinajstić information content (AvgIpc) is 2.56. The second-order valence-corrected chi connectivity index (χ2v) is 5.81. The van der Waals surface area contributed by atoms with Gasteiger partial charge in [-0.1, -0.05) is 30.3 Å². The molecular formula is C15H23NO6. The third kappa shape index (κ3) is 3.31. The Morgan fingerprint density at radius 1 is 1.09 bits per heavy atom. The summed E-state index contributed by atoms with van der Waals surface area (Å²) in [6.07, 6.45) is -4.74. The van der Waals surface area contributed by atoms with E-state index in [1.165, 1.54) is 0 Å². The van der Waals surface area contributed by atoms with E-state index < -0.39 is 42.6 Å². The fraction of sp³-hybridized carbons (Fsp3) is 0.600. The second kappa shape index (κ2) is 7.01. The van der Waals surface area contributed by atoms with Crippen molar-refractivity contribution in [2.45, 2.75) is 42.4 Å². The topological polar surface area (TPSA) is 133 Å². The Kier molecular flexibility index (Phi) is 5.51. The maximum absolute atomic E-state index is 10.2. The lowest BCUT2D eigenvalue weighted by Gasteiger charge is -2.46. The van der Waals surface area contributed by atoms with Crippen LogP contribution >= 0.6 is 0 Å².